The van der Waals surface area contributed by atoms with Gasteiger partial charge in [-0.1, -0.05) is 12.1 Å². The van der Waals surface area contributed by atoms with Crippen LogP contribution in [-0.4, -0.2) is 70.7 Å². The third-order valence-electron chi connectivity index (χ3n) is 7.52. The topological polar surface area (TPSA) is 77.8 Å². The van der Waals surface area contributed by atoms with Crippen LogP contribution in [-0.2, 0) is 0 Å². The van der Waals surface area contributed by atoms with E-state index in [1.807, 2.05) is 19.9 Å². The van der Waals surface area contributed by atoms with E-state index >= 15 is 0 Å². The summed E-state index contributed by atoms with van der Waals surface area (Å²) in [5, 5.41) is 14.2. The number of fused-ring (bicyclic) bond motifs is 2. The predicted octanol–water partition coefficient (Wildman–Crippen LogP) is 2.43. The highest BCUT2D eigenvalue weighted by Crippen LogP contribution is 2.36. The number of hydrogen-bond donors (Lipinski definition) is 2. The summed E-state index contributed by atoms with van der Waals surface area (Å²) >= 11 is 0. The van der Waals surface area contributed by atoms with E-state index in [1.54, 1.807) is 22.8 Å². The molecule has 4 atom stereocenters. The van der Waals surface area contributed by atoms with Crippen molar-refractivity contribution in [1.82, 2.24) is 19.7 Å². The molecule has 4 saturated heterocycles. The lowest BCUT2D eigenvalue weighted by Crippen LogP contribution is -2.49. The van der Waals surface area contributed by atoms with Crippen molar-refractivity contribution in [2.45, 2.75) is 45.2 Å². The number of nitrogens with zero attached hydrogens (tertiary/aromatic N) is 3. The molecule has 4 aliphatic rings. The largest absolute Gasteiger partial charge is 0.506 e. The maximum atomic E-state index is 13.1. The van der Waals surface area contributed by atoms with Gasteiger partial charge in [0.2, 0.25) is 0 Å². The Balaban J connectivity index is 1.26. The number of benzene rings is 1. The normalized spacial score (nSPS) is 27.2. The van der Waals surface area contributed by atoms with Crippen LogP contribution in [0.15, 0.2) is 29.1 Å². The molecule has 1 aromatic heterocycles. The van der Waals surface area contributed by atoms with Gasteiger partial charge < -0.3 is 19.9 Å². The second kappa shape index (κ2) is 8.52. The molecule has 2 aromatic rings. The summed E-state index contributed by atoms with van der Waals surface area (Å²) in [6.07, 6.45) is 3.51. The Bertz CT molecular complexity index is 1060. The molecule has 2 N–H and O–H groups in total. The fourth-order valence-corrected chi connectivity index (χ4v) is 6.29. The Hall–Kier alpha value is -2.38. The van der Waals surface area contributed by atoms with Crippen LogP contribution < -0.4 is 10.9 Å². The van der Waals surface area contributed by atoms with Crippen molar-refractivity contribution in [3.05, 3.63) is 40.2 Å². The number of hydrogen-bond acceptors (Lipinski definition) is 5. The number of aromatic hydroxyl groups is 1. The molecule has 6 rings (SSSR count). The quantitative estimate of drug-likeness (QED) is 0.678. The van der Waals surface area contributed by atoms with Crippen molar-refractivity contribution in [3.63, 3.8) is 0 Å². The van der Waals surface area contributed by atoms with Gasteiger partial charge in [-0.3, -0.25) is 14.5 Å². The van der Waals surface area contributed by atoms with E-state index in [0.717, 1.165) is 31.3 Å². The molecule has 0 saturated carbocycles. The van der Waals surface area contributed by atoms with Gasteiger partial charge in [-0.2, -0.15) is 0 Å². The summed E-state index contributed by atoms with van der Waals surface area (Å²) < 4.78 is 1.59. The second-order valence-electron chi connectivity index (χ2n) is 10.2. The number of para-hydroxylation sites is 1. The average Bonchev–Trinajstić information content (AvgIpc) is 2.93. The second-order valence-corrected chi connectivity index (χ2v) is 10.2. The molecule has 4 aliphatic heterocycles. The van der Waals surface area contributed by atoms with E-state index in [2.05, 4.69) is 15.1 Å². The fraction of sp³-hybridized carbons (Fsp3) is 0.600. The van der Waals surface area contributed by atoms with Crippen LogP contribution in [0.25, 0.3) is 10.9 Å². The SMILES string of the molecule is CC(C)n1c(=O)c(C(=O)NCCCN2CC3CC4CC2CN(C4)C3)c(O)c2ccccc21. The summed E-state index contributed by atoms with van der Waals surface area (Å²) in [5.74, 6) is 0.917. The van der Waals surface area contributed by atoms with Crippen LogP contribution >= 0.6 is 0 Å². The fourth-order valence-electron chi connectivity index (χ4n) is 6.29. The molecule has 0 aliphatic carbocycles. The minimum absolute atomic E-state index is 0.121. The zero-order chi connectivity index (χ0) is 22.4. The van der Waals surface area contributed by atoms with Gasteiger partial charge in [-0.05, 0) is 57.1 Å². The number of carbonyl (C=O) groups is 1. The molecule has 0 radical (unpaired) electrons. The summed E-state index contributed by atoms with van der Waals surface area (Å²) in [6, 6.07) is 7.70. The van der Waals surface area contributed by atoms with Crippen molar-refractivity contribution in [3.8, 4) is 5.75 Å². The maximum Gasteiger partial charge on any atom is 0.267 e. The molecule has 32 heavy (non-hydrogen) atoms. The molecular formula is C25H34N4O3. The lowest BCUT2D eigenvalue weighted by molar-refractivity contribution is 0.0791. The minimum atomic E-state index is -0.491. The van der Waals surface area contributed by atoms with Crippen LogP contribution in [0.5, 0.6) is 5.75 Å². The van der Waals surface area contributed by atoms with E-state index < -0.39 is 11.5 Å². The molecule has 7 heteroatoms. The molecule has 0 spiro atoms. The monoisotopic (exact) mass is 438 g/mol. The lowest BCUT2D eigenvalue weighted by Gasteiger charge is -2.41. The van der Waals surface area contributed by atoms with E-state index in [-0.39, 0.29) is 17.4 Å². The van der Waals surface area contributed by atoms with Gasteiger partial charge in [0.1, 0.15) is 11.3 Å². The van der Waals surface area contributed by atoms with Crippen LogP contribution in [0.2, 0.25) is 0 Å². The summed E-state index contributed by atoms with van der Waals surface area (Å²) in [5.41, 5.74) is 0.0434. The number of carbonyl (C=O) groups excluding carboxylic acids is 1. The van der Waals surface area contributed by atoms with Gasteiger partial charge in [0.25, 0.3) is 11.5 Å². The van der Waals surface area contributed by atoms with Gasteiger partial charge >= 0.3 is 0 Å². The third kappa shape index (κ3) is 3.82. The van der Waals surface area contributed by atoms with E-state index in [4.69, 9.17) is 0 Å². The van der Waals surface area contributed by atoms with Gasteiger partial charge in [-0.25, -0.2) is 0 Å². The van der Waals surface area contributed by atoms with E-state index in [9.17, 15) is 14.7 Å². The standard InChI is InChI=1S/C25H34N4O3/c1-16(2)29-21-7-4-3-6-20(21)23(30)22(25(29)32)24(31)26-8-5-9-28-14-18-10-17-11-19(28)15-27(12-17)13-18/h3-4,6-7,16-19,30H,5,8-15H2,1-2H3,(H,26,31). The molecule has 172 valence electrons. The van der Waals surface area contributed by atoms with E-state index in [1.165, 1.54) is 32.5 Å². The first-order chi connectivity index (χ1) is 15.4. The molecule has 7 nitrogen and oxygen atoms in total. The predicted molar refractivity (Wildman–Crippen MR) is 125 cm³/mol. The number of rotatable bonds is 6. The highest BCUT2D eigenvalue weighted by molar-refractivity contribution is 6.02. The molecule has 4 fully saturated rings. The van der Waals surface area contributed by atoms with Crippen molar-refractivity contribution >= 4 is 16.8 Å². The van der Waals surface area contributed by atoms with Crippen molar-refractivity contribution in [1.29, 1.82) is 0 Å². The van der Waals surface area contributed by atoms with Crippen molar-refractivity contribution in [2.75, 3.05) is 39.3 Å². The summed E-state index contributed by atoms with van der Waals surface area (Å²) in [7, 11) is 0. The Morgan fingerprint density at radius 2 is 1.91 bits per heavy atom. The van der Waals surface area contributed by atoms with Crippen LogP contribution in [0.4, 0.5) is 0 Å². The minimum Gasteiger partial charge on any atom is -0.506 e. The molecule has 1 aromatic carbocycles. The Morgan fingerprint density at radius 3 is 2.69 bits per heavy atom. The number of pyridine rings is 1. The number of piperidine rings is 2. The number of nitrogens with one attached hydrogen (secondary N) is 1. The molecular weight excluding hydrogens is 404 g/mol. The number of amides is 1. The molecule has 4 bridgehead atoms. The first kappa shape index (κ1) is 21.5. The molecule has 5 heterocycles. The first-order valence-electron chi connectivity index (χ1n) is 12.0. The zero-order valence-electron chi connectivity index (χ0n) is 19.1. The van der Waals surface area contributed by atoms with Crippen LogP contribution in [0.1, 0.15) is 49.5 Å². The highest BCUT2D eigenvalue weighted by Gasteiger charge is 2.41. The lowest BCUT2D eigenvalue weighted by atomic mass is 9.84. The summed E-state index contributed by atoms with van der Waals surface area (Å²) in [4.78, 5) is 31.3. The van der Waals surface area contributed by atoms with Gasteiger partial charge in [-0.15, -0.1) is 0 Å². The Morgan fingerprint density at radius 1 is 1.12 bits per heavy atom. The van der Waals surface area contributed by atoms with Gasteiger partial charge in [0.15, 0.2) is 0 Å². The van der Waals surface area contributed by atoms with E-state index in [0.29, 0.717) is 23.5 Å². The van der Waals surface area contributed by atoms with Gasteiger partial charge in [0.05, 0.1) is 5.52 Å². The summed E-state index contributed by atoms with van der Waals surface area (Å²) in [6.45, 7) is 10.1. The van der Waals surface area contributed by atoms with Crippen LogP contribution in [0, 0.1) is 11.8 Å². The van der Waals surface area contributed by atoms with Crippen molar-refractivity contribution < 1.29 is 9.90 Å². The molecule has 4 unspecified atom stereocenters. The van der Waals surface area contributed by atoms with Gasteiger partial charge in [0, 0.05) is 56.7 Å². The Labute approximate surface area is 189 Å². The zero-order valence-corrected chi connectivity index (χ0v) is 19.1. The maximum absolute atomic E-state index is 13.1. The smallest absolute Gasteiger partial charge is 0.267 e. The van der Waals surface area contributed by atoms with Crippen LogP contribution in [0.3, 0.4) is 0 Å². The first-order valence-corrected chi connectivity index (χ1v) is 12.0. The molecule has 1 amide bonds. The Kier molecular flexibility index (Phi) is 5.72. The van der Waals surface area contributed by atoms with Crippen molar-refractivity contribution in [2.24, 2.45) is 11.8 Å². The third-order valence-corrected chi connectivity index (χ3v) is 7.52. The number of aromatic nitrogens is 1. The highest BCUT2D eigenvalue weighted by atomic mass is 16.3. The average molecular weight is 439 g/mol.